The quantitative estimate of drug-likeness (QED) is 0.242. The van der Waals surface area contributed by atoms with Gasteiger partial charge in [0.25, 0.3) is 5.79 Å². The predicted octanol–water partition coefficient (Wildman–Crippen LogP) is 5.60. The number of Topliss-reactive ketones (excluding diaryl/α,β-unsaturated/α-hetero) is 1. The van der Waals surface area contributed by atoms with E-state index in [1.807, 2.05) is 44.2 Å². The van der Waals surface area contributed by atoms with Crippen LogP contribution >= 0.6 is 0 Å². The van der Waals surface area contributed by atoms with E-state index in [1.165, 1.54) is 6.07 Å². The van der Waals surface area contributed by atoms with Gasteiger partial charge in [-0.3, -0.25) is 14.4 Å². The molecule has 48 heavy (non-hydrogen) atoms. The summed E-state index contributed by atoms with van der Waals surface area (Å²) in [7, 11) is 0. The number of rotatable bonds is 3. The van der Waals surface area contributed by atoms with Crippen molar-refractivity contribution in [2.24, 2.45) is 5.92 Å². The summed E-state index contributed by atoms with van der Waals surface area (Å²) in [5.74, 6) is -3.81. The van der Waals surface area contributed by atoms with Crippen LogP contribution in [-0.4, -0.2) is 45.4 Å². The highest BCUT2D eigenvalue weighted by atomic mass is 16.7. The summed E-state index contributed by atoms with van der Waals surface area (Å²) in [6.45, 7) is 5.70. The molecule has 0 radical (unpaired) electrons. The highest BCUT2D eigenvalue weighted by molar-refractivity contribution is 6.30. The summed E-state index contributed by atoms with van der Waals surface area (Å²) < 4.78 is 26.4. The lowest BCUT2D eigenvalue weighted by molar-refractivity contribution is -0.189. The Kier molecular flexibility index (Phi) is 4.99. The summed E-state index contributed by atoms with van der Waals surface area (Å²) in [5.41, 5.74) is 0.479. The number of aryl methyl sites for hydroxylation is 1. The Balaban J connectivity index is 1.26. The molecule has 3 aliphatic carbocycles. The van der Waals surface area contributed by atoms with E-state index in [4.69, 9.17) is 18.9 Å². The van der Waals surface area contributed by atoms with E-state index >= 15 is 0 Å². The number of benzene rings is 4. The average Bonchev–Trinajstić information content (AvgIpc) is 3.57. The Morgan fingerprint density at radius 3 is 2.42 bits per heavy atom. The van der Waals surface area contributed by atoms with Crippen LogP contribution in [0.1, 0.15) is 73.5 Å². The van der Waals surface area contributed by atoms with Gasteiger partial charge in [0, 0.05) is 28.2 Å². The summed E-state index contributed by atoms with van der Waals surface area (Å²) in [6.07, 6.45) is -1.33. The van der Waals surface area contributed by atoms with Crippen LogP contribution in [0, 0.1) is 12.8 Å². The number of phenolic OH excluding ortho intramolecular Hbond substituents is 1. The SMILES string of the molecule is Cc1cc(O)c2c(c1)C(=O)c1ccc3c(c1C2=O)O[C@@]12O[C@H](C)[C@H]4[C@@]5(C)O[C@H]5C(=O)C(=C(O)c5c(OCc6ccccc6)cccc51)[C@]342. The number of ether oxygens (including phenoxy) is 4. The van der Waals surface area contributed by atoms with Crippen molar-refractivity contribution in [3.63, 3.8) is 0 Å². The number of aliphatic hydroxyl groups excluding tert-OH is 1. The second-order valence-corrected chi connectivity index (χ2v) is 13.8. The first-order chi connectivity index (χ1) is 23.0. The minimum absolute atomic E-state index is 0.0162. The van der Waals surface area contributed by atoms with Gasteiger partial charge < -0.3 is 29.2 Å². The van der Waals surface area contributed by atoms with E-state index in [0.717, 1.165) is 5.56 Å². The van der Waals surface area contributed by atoms with Gasteiger partial charge in [0.05, 0.1) is 28.4 Å². The lowest BCUT2D eigenvalue weighted by Gasteiger charge is -2.48. The monoisotopic (exact) mass is 640 g/mol. The molecule has 0 bridgehead atoms. The molecule has 4 aromatic carbocycles. The summed E-state index contributed by atoms with van der Waals surface area (Å²) >= 11 is 0. The molecule has 3 heterocycles. The zero-order chi connectivity index (χ0) is 33.1. The van der Waals surface area contributed by atoms with E-state index in [1.54, 1.807) is 43.3 Å². The Morgan fingerprint density at radius 2 is 1.62 bits per heavy atom. The number of carbonyl (C=O) groups excluding carboxylic acids is 3. The lowest BCUT2D eigenvalue weighted by atomic mass is 9.50. The molecule has 9 heteroatoms. The van der Waals surface area contributed by atoms with E-state index in [9.17, 15) is 24.6 Å². The summed E-state index contributed by atoms with van der Waals surface area (Å²) in [6, 6.07) is 21.2. The van der Waals surface area contributed by atoms with Crippen LogP contribution < -0.4 is 9.47 Å². The fourth-order valence-corrected chi connectivity index (χ4v) is 9.55. The number of phenols is 1. The molecule has 3 aliphatic heterocycles. The second-order valence-electron chi connectivity index (χ2n) is 13.8. The maximum atomic E-state index is 14.5. The van der Waals surface area contributed by atoms with Gasteiger partial charge in [0.2, 0.25) is 5.78 Å². The Hall–Kier alpha value is -5.25. The maximum Gasteiger partial charge on any atom is 0.253 e. The molecule has 0 aromatic heterocycles. The molecule has 2 N–H and O–H groups in total. The molecule has 238 valence electrons. The van der Waals surface area contributed by atoms with Crippen molar-refractivity contribution in [1.29, 1.82) is 0 Å². The molecule has 10 rings (SSSR count). The predicted molar refractivity (Wildman–Crippen MR) is 169 cm³/mol. The van der Waals surface area contributed by atoms with E-state index in [-0.39, 0.29) is 57.3 Å². The standard InChI is InChI=1S/C39H28O9/c1-17-14-21-26(24(40)15-17)31(42)27-20(30(21)41)12-13-23-34(27)47-39-22-10-7-11-25(45-16-19-8-5-4-6-9-19)28(22)32(43)29-33(44)36-37(3,48-36)35(18(2)46-39)38(23,29)39/h4-15,18,35-36,40,43H,16H2,1-3H3/t18-,35+,36+,37-,38-,39+/m1/s1. The average molecular weight is 641 g/mol. The van der Waals surface area contributed by atoms with Crippen molar-refractivity contribution in [3.8, 4) is 17.2 Å². The molecule has 6 atom stereocenters. The minimum Gasteiger partial charge on any atom is -0.507 e. The highest BCUT2D eigenvalue weighted by Gasteiger charge is 2.87. The molecule has 1 saturated carbocycles. The first kappa shape index (κ1) is 27.8. The van der Waals surface area contributed by atoms with Gasteiger partial charge in [-0.1, -0.05) is 48.5 Å². The van der Waals surface area contributed by atoms with Gasteiger partial charge in [0.1, 0.15) is 40.6 Å². The number of fused-ring (bicyclic) bond motifs is 7. The number of hydrogen-bond donors (Lipinski definition) is 2. The number of epoxide rings is 1. The van der Waals surface area contributed by atoms with Gasteiger partial charge >= 0.3 is 0 Å². The molecule has 1 spiro atoms. The van der Waals surface area contributed by atoms with E-state index < -0.39 is 52.3 Å². The van der Waals surface area contributed by atoms with Gasteiger partial charge in [0.15, 0.2) is 17.7 Å². The molecular formula is C39H28O9. The number of aliphatic hydroxyl groups is 1. The van der Waals surface area contributed by atoms with Crippen molar-refractivity contribution < 1.29 is 43.5 Å². The lowest BCUT2D eigenvalue weighted by Crippen LogP contribution is -2.60. The zero-order valence-electron chi connectivity index (χ0n) is 26.1. The first-order valence-electron chi connectivity index (χ1n) is 16.0. The minimum atomic E-state index is -1.73. The smallest absolute Gasteiger partial charge is 0.253 e. The Labute approximate surface area is 274 Å². The van der Waals surface area contributed by atoms with Crippen molar-refractivity contribution in [2.75, 3.05) is 0 Å². The molecule has 9 nitrogen and oxygen atoms in total. The van der Waals surface area contributed by atoms with Crippen molar-refractivity contribution in [2.45, 2.75) is 56.4 Å². The van der Waals surface area contributed by atoms with Crippen LogP contribution in [0.4, 0.5) is 0 Å². The molecular weight excluding hydrogens is 612 g/mol. The third-order valence-electron chi connectivity index (χ3n) is 11.3. The Bertz CT molecular complexity index is 2270. The fraction of sp³-hybridized carbons (Fsp3) is 0.256. The molecule has 0 amide bonds. The van der Waals surface area contributed by atoms with Crippen LogP contribution in [0.5, 0.6) is 17.2 Å². The van der Waals surface area contributed by atoms with Gasteiger partial charge in [-0.05, 0) is 56.2 Å². The molecule has 4 aromatic rings. The molecule has 2 saturated heterocycles. The number of aromatic hydroxyl groups is 1. The molecule has 6 aliphatic rings. The van der Waals surface area contributed by atoms with Crippen LogP contribution in [0.25, 0.3) is 5.76 Å². The summed E-state index contributed by atoms with van der Waals surface area (Å²) in [5, 5.41) is 23.2. The molecule has 0 unspecified atom stereocenters. The largest absolute Gasteiger partial charge is 0.507 e. The topological polar surface area (TPSA) is 132 Å². The van der Waals surface area contributed by atoms with Gasteiger partial charge in [-0.2, -0.15) is 0 Å². The first-order valence-corrected chi connectivity index (χ1v) is 16.0. The molecule has 3 fully saturated rings. The van der Waals surface area contributed by atoms with Crippen molar-refractivity contribution >= 4 is 23.1 Å². The van der Waals surface area contributed by atoms with Crippen molar-refractivity contribution in [1.82, 2.24) is 0 Å². The summed E-state index contributed by atoms with van der Waals surface area (Å²) in [4.78, 5) is 42.8. The number of ketones is 3. The van der Waals surface area contributed by atoms with Crippen LogP contribution in [0.3, 0.4) is 0 Å². The van der Waals surface area contributed by atoms with E-state index in [2.05, 4.69) is 0 Å². The zero-order valence-corrected chi connectivity index (χ0v) is 26.1. The van der Waals surface area contributed by atoms with E-state index in [0.29, 0.717) is 22.4 Å². The van der Waals surface area contributed by atoms with Gasteiger partial charge in [-0.15, -0.1) is 0 Å². The second kappa shape index (κ2) is 8.61. The third-order valence-corrected chi connectivity index (χ3v) is 11.3. The Morgan fingerprint density at radius 1 is 0.833 bits per heavy atom. The normalized spacial score (nSPS) is 31.1. The fourth-order valence-electron chi connectivity index (χ4n) is 9.55. The van der Waals surface area contributed by atoms with Crippen LogP contribution in [-0.2, 0) is 32.1 Å². The number of hydrogen-bond acceptors (Lipinski definition) is 9. The van der Waals surface area contributed by atoms with Crippen molar-refractivity contribution in [3.05, 3.63) is 128 Å². The highest BCUT2D eigenvalue weighted by Crippen LogP contribution is 2.77. The maximum absolute atomic E-state index is 14.5. The van der Waals surface area contributed by atoms with Crippen LogP contribution in [0.2, 0.25) is 0 Å². The third kappa shape index (κ3) is 2.91. The van der Waals surface area contributed by atoms with Crippen LogP contribution in [0.15, 0.2) is 78.4 Å². The van der Waals surface area contributed by atoms with Gasteiger partial charge in [-0.25, -0.2) is 0 Å². The number of carbonyl (C=O) groups is 3.